The first kappa shape index (κ1) is 26.3. The maximum Gasteiger partial charge on any atom is 0.305 e. The van der Waals surface area contributed by atoms with Crippen molar-refractivity contribution in [3.63, 3.8) is 0 Å². The van der Waals surface area contributed by atoms with Gasteiger partial charge in [-0.05, 0) is 62.1 Å². The molecule has 2 atom stereocenters. The van der Waals surface area contributed by atoms with Crippen LogP contribution in [0.15, 0.2) is 48.5 Å². The molecule has 4 rings (SSSR count). The normalized spacial score (nSPS) is 21.2. The predicted octanol–water partition coefficient (Wildman–Crippen LogP) is 4.06. The molecule has 7 nitrogen and oxygen atoms in total. The lowest BCUT2D eigenvalue weighted by molar-refractivity contribution is -0.141. The average molecular weight is 496 g/mol. The van der Waals surface area contributed by atoms with Crippen LogP contribution in [0.4, 0.5) is 5.69 Å². The quantitative estimate of drug-likeness (QED) is 0.461. The smallest absolute Gasteiger partial charge is 0.305 e. The van der Waals surface area contributed by atoms with Crippen molar-refractivity contribution in [2.24, 2.45) is 5.92 Å². The summed E-state index contributed by atoms with van der Waals surface area (Å²) >= 11 is 0. The van der Waals surface area contributed by atoms with Gasteiger partial charge < -0.3 is 19.1 Å². The zero-order valence-corrected chi connectivity index (χ0v) is 22.0. The van der Waals surface area contributed by atoms with Crippen molar-refractivity contribution in [1.82, 2.24) is 9.80 Å². The van der Waals surface area contributed by atoms with Crippen molar-refractivity contribution in [1.29, 1.82) is 0 Å². The first-order chi connectivity index (χ1) is 17.6. The fourth-order valence-corrected chi connectivity index (χ4v) is 5.71. The van der Waals surface area contributed by atoms with Crippen LogP contribution in [0.25, 0.3) is 0 Å². The Kier molecular flexibility index (Phi) is 9.47. The number of anilines is 1. The summed E-state index contributed by atoms with van der Waals surface area (Å²) in [5, 5.41) is 0. The Bertz CT molecular complexity index is 959. The molecule has 0 spiro atoms. The number of rotatable bonds is 10. The van der Waals surface area contributed by atoms with Gasteiger partial charge in [0.05, 0.1) is 26.5 Å². The van der Waals surface area contributed by atoms with Crippen molar-refractivity contribution < 1.29 is 19.0 Å². The first-order valence-corrected chi connectivity index (χ1v) is 13.2. The number of piperidine rings is 1. The molecule has 0 aromatic heterocycles. The van der Waals surface area contributed by atoms with Gasteiger partial charge in [0.15, 0.2) is 0 Å². The van der Waals surface area contributed by atoms with Crippen molar-refractivity contribution in [3.8, 4) is 11.5 Å². The zero-order chi connectivity index (χ0) is 25.3. The van der Waals surface area contributed by atoms with Crippen LogP contribution >= 0.6 is 0 Å². The summed E-state index contributed by atoms with van der Waals surface area (Å²) in [6.45, 7) is 9.70. The van der Waals surface area contributed by atoms with E-state index in [9.17, 15) is 4.79 Å². The van der Waals surface area contributed by atoms with Gasteiger partial charge in [-0.15, -0.1) is 0 Å². The molecule has 36 heavy (non-hydrogen) atoms. The molecule has 2 aliphatic heterocycles. The van der Waals surface area contributed by atoms with Crippen molar-refractivity contribution in [3.05, 3.63) is 54.1 Å². The lowest BCUT2D eigenvalue weighted by Gasteiger charge is -2.47. The molecule has 0 amide bonds. The Balaban J connectivity index is 1.38. The molecule has 2 saturated heterocycles. The number of hydrogen-bond donors (Lipinski definition) is 0. The van der Waals surface area contributed by atoms with E-state index in [-0.39, 0.29) is 5.97 Å². The predicted molar refractivity (Wildman–Crippen MR) is 143 cm³/mol. The molecule has 0 unspecified atom stereocenters. The minimum atomic E-state index is -0.113. The molecule has 0 radical (unpaired) electrons. The van der Waals surface area contributed by atoms with E-state index in [2.05, 4.69) is 51.1 Å². The third-order valence-corrected chi connectivity index (χ3v) is 7.57. The number of ether oxygens (including phenoxy) is 3. The van der Waals surface area contributed by atoms with Crippen LogP contribution in [0, 0.1) is 5.92 Å². The summed E-state index contributed by atoms with van der Waals surface area (Å²) in [6, 6.07) is 17.2. The summed E-state index contributed by atoms with van der Waals surface area (Å²) in [4.78, 5) is 19.6. The zero-order valence-electron chi connectivity index (χ0n) is 22.0. The number of methoxy groups -OCH3 is 2. The molecular formula is C29H41N3O4. The summed E-state index contributed by atoms with van der Waals surface area (Å²) in [6.07, 6.45) is 2.47. The van der Waals surface area contributed by atoms with Crippen LogP contribution in [0.2, 0.25) is 0 Å². The number of carbonyl (C=O) groups is 1. The Morgan fingerprint density at radius 3 is 2.42 bits per heavy atom. The second-order valence-electron chi connectivity index (χ2n) is 9.74. The van der Waals surface area contributed by atoms with E-state index in [1.165, 1.54) is 18.4 Å². The van der Waals surface area contributed by atoms with Gasteiger partial charge in [-0.25, -0.2) is 0 Å². The van der Waals surface area contributed by atoms with E-state index in [1.807, 2.05) is 19.1 Å². The highest BCUT2D eigenvalue weighted by atomic mass is 16.5. The fourth-order valence-electron chi connectivity index (χ4n) is 5.71. The SMILES string of the molecule is CCOc1ccc(CN2CC[C@@H](N3CCN(c4ccccc4OC)CC3)[C@@H](CCC(=O)OC)C2)cc1. The molecule has 2 fully saturated rings. The third-order valence-electron chi connectivity index (χ3n) is 7.57. The van der Waals surface area contributed by atoms with Crippen molar-refractivity contribution in [2.45, 2.75) is 38.8 Å². The molecule has 0 N–H and O–H groups in total. The second-order valence-corrected chi connectivity index (χ2v) is 9.74. The van der Waals surface area contributed by atoms with Gasteiger partial charge in [0.2, 0.25) is 0 Å². The van der Waals surface area contributed by atoms with Gasteiger partial charge in [-0.3, -0.25) is 14.6 Å². The Morgan fingerprint density at radius 2 is 1.72 bits per heavy atom. The van der Waals surface area contributed by atoms with Gasteiger partial charge in [0.25, 0.3) is 0 Å². The van der Waals surface area contributed by atoms with Crippen molar-refractivity contribution >= 4 is 11.7 Å². The number of benzene rings is 2. The molecule has 0 aliphatic carbocycles. The van der Waals surface area contributed by atoms with E-state index >= 15 is 0 Å². The number of para-hydroxylation sites is 2. The van der Waals surface area contributed by atoms with E-state index in [0.717, 1.165) is 70.2 Å². The van der Waals surface area contributed by atoms with E-state index in [4.69, 9.17) is 14.2 Å². The number of piperazine rings is 1. The Labute approximate surface area is 215 Å². The topological polar surface area (TPSA) is 54.5 Å². The standard InChI is InChI=1S/C29H41N3O4/c1-4-36-25-12-9-23(10-13-25)21-30-16-15-26(24(22-30)11-14-29(33)35-3)31-17-19-32(20-18-31)27-7-5-6-8-28(27)34-2/h5-10,12-13,24,26H,4,11,14-22H2,1-3H3/t24-,26+/m0/s1. The number of likely N-dealkylation sites (tertiary alicyclic amines) is 1. The first-order valence-electron chi connectivity index (χ1n) is 13.2. The lowest BCUT2D eigenvalue weighted by atomic mass is 9.86. The highest BCUT2D eigenvalue weighted by Crippen LogP contribution is 2.32. The number of hydrogen-bond acceptors (Lipinski definition) is 7. The Morgan fingerprint density at radius 1 is 0.972 bits per heavy atom. The third kappa shape index (κ3) is 6.71. The molecule has 2 heterocycles. The van der Waals surface area contributed by atoms with Gasteiger partial charge in [-0.1, -0.05) is 24.3 Å². The van der Waals surface area contributed by atoms with E-state index < -0.39 is 0 Å². The van der Waals surface area contributed by atoms with E-state index in [1.54, 1.807) is 7.11 Å². The second kappa shape index (κ2) is 13.0. The highest BCUT2D eigenvalue weighted by molar-refractivity contribution is 5.69. The van der Waals surface area contributed by atoms with Crippen LogP contribution in [-0.4, -0.2) is 81.9 Å². The van der Waals surface area contributed by atoms with Crippen LogP contribution in [0.5, 0.6) is 11.5 Å². The lowest BCUT2D eigenvalue weighted by Crippen LogP contribution is -2.56. The van der Waals surface area contributed by atoms with Crippen LogP contribution in [0.3, 0.4) is 0 Å². The number of esters is 1. The van der Waals surface area contributed by atoms with Crippen LogP contribution in [-0.2, 0) is 16.1 Å². The fraction of sp³-hybridized carbons (Fsp3) is 0.552. The van der Waals surface area contributed by atoms with Crippen molar-refractivity contribution in [2.75, 3.05) is 65.0 Å². The molecule has 7 heteroatoms. The monoisotopic (exact) mass is 495 g/mol. The highest BCUT2D eigenvalue weighted by Gasteiger charge is 2.35. The summed E-state index contributed by atoms with van der Waals surface area (Å²) in [5.74, 6) is 2.18. The van der Waals surface area contributed by atoms with Crippen LogP contribution < -0.4 is 14.4 Å². The van der Waals surface area contributed by atoms with Gasteiger partial charge in [0.1, 0.15) is 11.5 Å². The minimum absolute atomic E-state index is 0.113. The molecule has 2 aliphatic rings. The summed E-state index contributed by atoms with van der Waals surface area (Å²) in [5.41, 5.74) is 2.47. The van der Waals surface area contributed by atoms with Gasteiger partial charge in [-0.2, -0.15) is 0 Å². The molecule has 196 valence electrons. The molecule has 0 saturated carbocycles. The summed E-state index contributed by atoms with van der Waals surface area (Å²) < 4.78 is 16.1. The molecular weight excluding hydrogens is 454 g/mol. The molecule has 0 bridgehead atoms. The number of carbonyl (C=O) groups excluding carboxylic acids is 1. The average Bonchev–Trinajstić information content (AvgIpc) is 2.93. The minimum Gasteiger partial charge on any atom is -0.495 e. The Hall–Kier alpha value is -2.77. The summed E-state index contributed by atoms with van der Waals surface area (Å²) in [7, 11) is 3.22. The van der Waals surface area contributed by atoms with Gasteiger partial charge in [0, 0.05) is 51.7 Å². The van der Waals surface area contributed by atoms with Crippen LogP contribution in [0.1, 0.15) is 31.7 Å². The van der Waals surface area contributed by atoms with E-state index in [0.29, 0.717) is 25.0 Å². The number of nitrogens with zero attached hydrogens (tertiary/aromatic N) is 3. The molecule has 2 aromatic carbocycles. The maximum atomic E-state index is 12.0. The van der Waals surface area contributed by atoms with Gasteiger partial charge >= 0.3 is 5.97 Å². The largest absolute Gasteiger partial charge is 0.495 e. The maximum absolute atomic E-state index is 12.0. The molecule has 2 aromatic rings.